The summed E-state index contributed by atoms with van der Waals surface area (Å²) >= 11 is 6.48. The number of hydrogen-bond acceptors (Lipinski definition) is 8. The Balaban J connectivity index is 1.56. The molecule has 2 aromatic heterocycles. The minimum Gasteiger partial charge on any atom is -0.403 e. The van der Waals surface area contributed by atoms with Crippen molar-refractivity contribution in [2.45, 2.75) is 32.0 Å². The maximum atomic E-state index is 13.6. The predicted molar refractivity (Wildman–Crippen MR) is 164 cm³/mol. The molecule has 3 N–H and O–H groups in total. The summed E-state index contributed by atoms with van der Waals surface area (Å²) in [7, 11) is 5.54. The molecule has 1 unspecified atom stereocenters. The highest BCUT2D eigenvalue weighted by Gasteiger charge is 2.33. The lowest BCUT2D eigenvalue weighted by Gasteiger charge is -2.27. The number of ether oxygens (including phenoxy) is 1. The van der Waals surface area contributed by atoms with Crippen molar-refractivity contribution in [3.8, 4) is 17.0 Å². The number of aliphatic hydroxyl groups excluding tert-OH is 1. The maximum Gasteiger partial charge on any atom is 0.573 e. The molecule has 0 aliphatic carbocycles. The molecule has 1 aliphatic rings. The molecule has 3 heterocycles. The number of aryl methyl sites for hydroxylation is 2. The van der Waals surface area contributed by atoms with Crippen LogP contribution in [0.25, 0.3) is 22.2 Å². The van der Waals surface area contributed by atoms with Crippen molar-refractivity contribution < 1.29 is 23.0 Å². The lowest BCUT2D eigenvalue weighted by molar-refractivity contribution is -0.274. The Morgan fingerprint density at radius 1 is 1.19 bits per heavy atom. The predicted octanol–water partition coefficient (Wildman–Crippen LogP) is 6.25. The Morgan fingerprint density at radius 2 is 1.98 bits per heavy atom. The van der Waals surface area contributed by atoms with Gasteiger partial charge < -0.3 is 34.8 Å². The van der Waals surface area contributed by atoms with E-state index in [2.05, 4.69) is 36.5 Å². The van der Waals surface area contributed by atoms with Crippen LogP contribution in [0.2, 0.25) is 5.02 Å². The minimum atomic E-state index is -4.96. The molecule has 0 amide bonds. The van der Waals surface area contributed by atoms with Crippen molar-refractivity contribution >= 4 is 45.5 Å². The van der Waals surface area contributed by atoms with Crippen LogP contribution < -0.4 is 20.3 Å². The van der Waals surface area contributed by atoms with Crippen LogP contribution in [-0.4, -0.2) is 71.4 Å². The highest BCUT2D eigenvalue weighted by atomic mass is 35.5. The third kappa shape index (κ3) is 6.82. The molecule has 1 atom stereocenters. The number of alkyl halides is 3. The molecule has 0 spiro atoms. The smallest absolute Gasteiger partial charge is 0.403 e. The van der Waals surface area contributed by atoms with Crippen molar-refractivity contribution in [3.05, 3.63) is 66.0 Å². The monoisotopic (exact) mass is 615 g/mol. The van der Waals surface area contributed by atoms with E-state index in [1.165, 1.54) is 18.2 Å². The van der Waals surface area contributed by atoms with Crippen LogP contribution in [0.15, 0.2) is 55.4 Å². The van der Waals surface area contributed by atoms with E-state index in [9.17, 15) is 18.3 Å². The summed E-state index contributed by atoms with van der Waals surface area (Å²) in [6, 6.07) is 8.27. The molecule has 43 heavy (non-hydrogen) atoms. The number of likely N-dealkylation sites (N-methyl/N-ethyl adjacent to an activating group) is 2. The molecule has 2 aromatic carbocycles. The standard InChI is InChI=1S/C30H33ClF3N7O2/c1-5-27(42)36-23-15-24(26(43-30(32,33)34)16-25(23)40(4)14-13-39(2)3)38-29-35-11-10-22(37-29)20-17-41-12-6-7-19-21(31)9-8-18(20)28(19)41/h5,8-11,15-17,27,36,42H,1,6-7,12-14H2,2-4H3,(H,35,37,38). The summed E-state index contributed by atoms with van der Waals surface area (Å²) in [6.45, 7) is 5.56. The van der Waals surface area contributed by atoms with Gasteiger partial charge in [0.15, 0.2) is 5.75 Å². The molecule has 9 nitrogen and oxygen atoms in total. The van der Waals surface area contributed by atoms with E-state index >= 15 is 0 Å². The van der Waals surface area contributed by atoms with Crippen LogP contribution in [0.5, 0.6) is 5.75 Å². The molecule has 228 valence electrons. The highest BCUT2D eigenvalue weighted by Crippen LogP contribution is 2.41. The lowest BCUT2D eigenvalue weighted by atomic mass is 10.0. The Labute approximate surface area is 252 Å². The fourth-order valence-electron chi connectivity index (χ4n) is 5.18. The third-order valence-corrected chi connectivity index (χ3v) is 7.59. The Bertz CT molecular complexity index is 1640. The summed E-state index contributed by atoms with van der Waals surface area (Å²) in [5.74, 6) is -0.410. The van der Waals surface area contributed by atoms with Crippen LogP contribution in [0, 0.1) is 0 Å². The van der Waals surface area contributed by atoms with Gasteiger partial charge in [0.1, 0.15) is 6.23 Å². The van der Waals surface area contributed by atoms with E-state index in [1.807, 2.05) is 37.3 Å². The van der Waals surface area contributed by atoms with E-state index in [4.69, 9.17) is 11.6 Å². The fourth-order valence-corrected chi connectivity index (χ4v) is 5.42. The molecule has 1 aliphatic heterocycles. The number of benzene rings is 2. The van der Waals surface area contributed by atoms with Crippen molar-refractivity contribution in [2.24, 2.45) is 0 Å². The van der Waals surface area contributed by atoms with Crippen molar-refractivity contribution in [1.29, 1.82) is 0 Å². The summed E-state index contributed by atoms with van der Waals surface area (Å²) < 4.78 is 47.3. The summed E-state index contributed by atoms with van der Waals surface area (Å²) in [5, 5.41) is 17.8. The highest BCUT2D eigenvalue weighted by molar-refractivity contribution is 6.32. The zero-order valence-electron chi connectivity index (χ0n) is 24.0. The maximum absolute atomic E-state index is 13.6. The first-order valence-corrected chi connectivity index (χ1v) is 14.1. The summed E-state index contributed by atoms with van der Waals surface area (Å²) in [4.78, 5) is 12.6. The number of halogens is 4. The van der Waals surface area contributed by atoms with E-state index in [-0.39, 0.29) is 11.6 Å². The van der Waals surface area contributed by atoms with Gasteiger partial charge in [0.05, 0.1) is 28.3 Å². The second-order valence-corrected chi connectivity index (χ2v) is 11.0. The molecule has 0 saturated carbocycles. The number of hydrogen-bond donors (Lipinski definition) is 3. The Morgan fingerprint density at radius 3 is 2.70 bits per heavy atom. The van der Waals surface area contributed by atoms with Gasteiger partial charge in [-0.05, 0) is 56.8 Å². The topological polar surface area (TPSA) is 90.7 Å². The van der Waals surface area contributed by atoms with E-state index in [1.54, 1.807) is 24.2 Å². The van der Waals surface area contributed by atoms with E-state index in [0.29, 0.717) is 30.2 Å². The summed E-state index contributed by atoms with van der Waals surface area (Å²) in [5.41, 5.74) is 4.30. The molecule has 0 bridgehead atoms. The van der Waals surface area contributed by atoms with Crippen LogP contribution >= 0.6 is 11.6 Å². The van der Waals surface area contributed by atoms with Gasteiger partial charge in [-0.2, -0.15) is 0 Å². The van der Waals surface area contributed by atoms with Crippen LogP contribution in [0.4, 0.5) is 36.2 Å². The number of aromatic nitrogens is 3. The van der Waals surface area contributed by atoms with Gasteiger partial charge in [-0.1, -0.05) is 24.2 Å². The first-order chi connectivity index (χ1) is 20.4. The van der Waals surface area contributed by atoms with Crippen LogP contribution in [0.1, 0.15) is 12.0 Å². The number of rotatable bonds is 11. The third-order valence-electron chi connectivity index (χ3n) is 7.24. The van der Waals surface area contributed by atoms with Gasteiger partial charge in [0.2, 0.25) is 5.95 Å². The number of anilines is 4. The quantitative estimate of drug-likeness (QED) is 0.135. The fraction of sp³-hybridized carbons (Fsp3) is 0.333. The number of nitrogens with one attached hydrogen (secondary N) is 2. The van der Waals surface area contributed by atoms with Gasteiger partial charge >= 0.3 is 6.36 Å². The van der Waals surface area contributed by atoms with Crippen molar-refractivity contribution in [3.63, 3.8) is 0 Å². The molecular formula is C30H33ClF3N7O2. The lowest BCUT2D eigenvalue weighted by Crippen LogP contribution is -2.30. The molecule has 0 radical (unpaired) electrons. The normalized spacial score (nSPS) is 13.7. The second-order valence-electron chi connectivity index (χ2n) is 10.6. The molecule has 5 rings (SSSR count). The average Bonchev–Trinajstić information content (AvgIpc) is 3.34. The van der Waals surface area contributed by atoms with Crippen LogP contribution in [-0.2, 0) is 13.0 Å². The van der Waals surface area contributed by atoms with Gasteiger partial charge in [-0.15, -0.1) is 13.2 Å². The molecule has 0 saturated heterocycles. The van der Waals surface area contributed by atoms with E-state index in [0.717, 1.165) is 46.4 Å². The van der Waals surface area contributed by atoms with Crippen molar-refractivity contribution in [1.82, 2.24) is 19.4 Å². The van der Waals surface area contributed by atoms with Gasteiger partial charge in [-0.3, -0.25) is 0 Å². The van der Waals surface area contributed by atoms with Gasteiger partial charge in [0.25, 0.3) is 0 Å². The molecule has 0 fully saturated rings. The Kier molecular flexibility index (Phi) is 8.72. The number of aliphatic hydroxyl groups is 1. The number of nitrogens with zero attached hydrogens (tertiary/aromatic N) is 5. The molecule has 13 heteroatoms. The van der Waals surface area contributed by atoms with Gasteiger partial charge in [-0.25, -0.2) is 9.97 Å². The summed E-state index contributed by atoms with van der Waals surface area (Å²) in [6.07, 6.45) is 0.576. The first-order valence-electron chi connectivity index (χ1n) is 13.7. The van der Waals surface area contributed by atoms with Gasteiger partial charge in [0, 0.05) is 61.1 Å². The van der Waals surface area contributed by atoms with E-state index < -0.39 is 18.3 Å². The first kappa shape index (κ1) is 30.5. The van der Waals surface area contributed by atoms with Crippen molar-refractivity contribution in [2.75, 3.05) is 49.8 Å². The average molecular weight is 616 g/mol. The zero-order valence-corrected chi connectivity index (χ0v) is 24.8. The second kappa shape index (κ2) is 12.3. The molecular weight excluding hydrogens is 583 g/mol. The Hall–Kier alpha value is -4.00. The molecule has 4 aromatic rings. The van der Waals surface area contributed by atoms with Crippen LogP contribution in [0.3, 0.4) is 0 Å². The largest absolute Gasteiger partial charge is 0.573 e. The zero-order chi connectivity index (χ0) is 30.9. The minimum absolute atomic E-state index is 0.0487. The SMILES string of the molecule is C=CC(O)Nc1cc(Nc2nccc(-c3cn4c5c(c(Cl)ccc35)CCC4)n2)c(OC(F)(F)F)cc1N(C)CCN(C)C.